The minimum absolute atomic E-state index is 0.213. The maximum absolute atomic E-state index is 7.45. The Bertz CT molecular complexity index is 1910. The minimum Gasteiger partial charge on any atom is -0.501 e. The first kappa shape index (κ1) is 28.0. The number of rotatable bonds is 5. The van der Waals surface area contributed by atoms with Crippen LogP contribution in [0.25, 0.3) is 28.0 Å². The highest BCUT2D eigenvalue weighted by Gasteiger charge is 2.45. The van der Waals surface area contributed by atoms with E-state index in [1.54, 1.807) is 14.2 Å². The average molecular weight is 598 g/mol. The van der Waals surface area contributed by atoms with Crippen LogP contribution in [0, 0.1) is 0 Å². The van der Waals surface area contributed by atoms with Crippen LogP contribution in [0.1, 0.15) is 48.9 Å². The van der Waals surface area contributed by atoms with Crippen molar-refractivity contribution < 1.29 is 18.9 Å². The molecule has 0 N–H and O–H groups in total. The fourth-order valence-electron chi connectivity index (χ4n) is 7.89. The standard InChI is InChI=1S/C40H39NO4/c1-39(2)35-25-28(41-21-23-44-24-22-41)13-18-33(35)36-31-7-5-6-8-32(31)38-34(37(36)39)19-20-40(45-38,26-9-14-29(42-3)15-10-26)27-11-16-30(43-4)17-12-27/h5-11,13-16,18-20,25H,12,17,21-24H2,1-4H3. The molecule has 2 aliphatic heterocycles. The number of ether oxygens (including phenoxy) is 4. The van der Waals surface area contributed by atoms with Gasteiger partial charge in [0.1, 0.15) is 11.5 Å². The van der Waals surface area contributed by atoms with Crippen molar-refractivity contribution in [1.29, 1.82) is 0 Å². The molecule has 0 radical (unpaired) electrons. The van der Waals surface area contributed by atoms with Crippen LogP contribution in [0.2, 0.25) is 0 Å². The molecule has 0 bridgehead atoms. The van der Waals surface area contributed by atoms with Gasteiger partial charge in [-0.25, -0.2) is 0 Å². The predicted octanol–water partition coefficient (Wildman–Crippen LogP) is 8.54. The zero-order valence-electron chi connectivity index (χ0n) is 26.5. The van der Waals surface area contributed by atoms with Crippen LogP contribution in [0.3, 0.4) is 0 Å². The Morgan fingerprint density at radius 3 is 2.31 bits per heavy atom. The molecule has 1 unspecified atom stereocenters. The van der Waals surface area contributed by atoms with E-state index in [4.69, 9.17) is 18.9 Å². The first-order valence-electron chi connectivity index (χ1n) is 16.0. The molecule has 4 aromatic rings. The molecule has 5 heteroatoms. The molecule has 4 aliphatic rings. The summed E-state index contributed by atoms with van der Waals surface area (Å²) in [7, 11) is 3.45. The molecule has 0 amide bonds. The van der Waals surface area contributed by atoms with E-state index < -0.39 is 5.60 Å². The van der Waals surface area contributed by atoms with Gasteiger partial charge in [-0.15, -0.1) is 0 Å². The van der Waals surface area contributed by atoms with E-state index in [0.29, 0.717) is 0 Å². The van der Waals surface area contributed by atoms with Gasteiger partial charge in [-0.05, 0) is 76.1 Å². The third-order valence-electron chi connectivity index (χ3n) is 10.3. The molecule has 0 aromatic heterocycles. The lowest BCUT2D eigenvalue weighted by atomic mass is 9.75. The van der Waals surface area contributed by atoms with Gasteiger partial charge in [0.25, 0.3) is 0 Å². The number of nitrogens with zero attached hydrogens (tertiary/aromatic N) is 1. The smallest absolute Gasteiger partial charge is 0.174 e. The molecule has 228 valence electrons. The van der Waals surface area contributed by atoms with Gasteiger partial charge in [-0.1, -0.05) is 68.5 Å². The zero-order valence-corrected chi connectivity index (χ0v) is 26.5. The molecule has 0 saturated carbocycles. The van der Waals surface area contributed by atoms with Crippen molar-refractivity contribution in [2.24, 2.45) is 0 Å². The number of fused-ring (bicyclic) bond motifs is 8. The van der Waals surface area contributed by atoms with E-state index in [1.807, 2.05) is 12.1 Å². The predicted molar refractivity (Wildman–Crippen MR) is 181 cm³/mol. The Balaban J connectivity index is 1.34. The van der Waals surface area contributed by atoms with E-state index in [1.165, 1.54) is 44.5 Å². The normalized spacial score (nSPS) is 21.3. The Morgan fingerprint density at radius 2 is 1.60 bits per heavy atom. The van der Waals surface area contributed by atoms with Gasteiger partial charge in [-0.3, -0.25) is 0 Å². The summed E-state index contributed by atoms with van der Waals surface area (Å²) in [6, 6.07) is 24.1. The molecule has 5 nitrogen and oxygen atoms in total. The van der Waals surface area contributed by atoms with E-state index in [2.05, 4.69) is 97.6 Å². The monoisotopic (exact) mass is 597 g/mol. The number of morpholine rings is 1. The quantitative estimate of drug-likeness (QED) is 0.231. The third kappa shape index (κ3) is 4.24. The third-order valence-corrected chi connectivity index (χ3v) is 10.3. The lowest BCUT2D eigenvalue weighted by Crippen LogP contribution is -2.36. The van der Waals surface area contributed by atoms with Gasteiger partial charge in [0.15, 0.2) is 5.60 Å². The summed E-state index contributed by atoms with van der Waals surface area (Å²) in [5.41, 5.74) is 9.11. The maximum atomic E-state index is 7.45. The summed E-state index contributed by atoms with van der Waals surface area (Å²) < 4.78 is 24.2. The summed E-state index contributed by atoms with van der Waals surface area (Å²) >= 11 is 0. The Morgan fingerprint density at radius 1 is 0.822 bits per heavy atom. The van der Waals surface area contributed by atoms with Crippen molar-refractivity contribution >= 4 is 22.5 Å². The SMILES string of the molecule is COC1=CC=C(C2(c3ccc(OC)cc3)C=Cc3c4c(c5ccccc5c3O2)-c2ccc(N3CCOCC3)cc2C4(C)C)CC1. The number of hydrogen-bond acceptors (Lipinski definition) is 5. The molecular weight excluding hydrogens is 558 g/mol. The Hall–Kier alpha value is -4.48. The van der Waals surface area contributed by atoms with Gasteiger partial charge in [0.05, 0.1) is 33.2 Å². The topological polar surface area (TPSA) is 40.2 Å². The van der Waals surface area contributed by atoms with Crippen molar-refractivity contribution in [3.63, 3.8) is 0 Å². The molecule has 0 spiro atoms. The summed E-state index contributed by atoms with van der Waals surface area (Å²) in [5.74, 6) is 2.76. The van der Waals surface area contributed by atoms with Crippen LogP contribution in [-0.4, -0.2) is 40.5 Å². The van der Waals surface area contributed by atoms with Gasteiger partial charge < -0.3 is 23.8 Å². The fraction of sp³-hybridized carbons (Fsp3) is 0.300. The number of methoxy groups -OCH3 is 2. The number of hydrogen-bond donors (Lipinski definition) is 0. The second kappa shape index (κ2) is 10.6. The Kier molecular flexibility index (Phi) is 6.58. The number of allylic oxidation sites excluding steroid dienone is 3. The van der Waals surface area contributed by atoms with Crippen molar-refractivity contribution in [2.45, 2.75) is 37.7 Å². The van der Waals surface area contributed by atoms with E-state index in [9.17, 15) is 0 Å². The molecule has 1 fully saturated rings. The number of anilines is 1. The summed E-state index contributed by atoms with van der Waals surface area (Å²) in [6.45, 7) is 8.13. The fourth-order valence-corrected chi connectivity index (χ4v) is 7.89. The second-order valence-electron chi connectivity index (χ2n) is 12.9. The van der Waals surface area contributed by atoms with Crippen molar-refractivity contribution in [1.82, 2.24) is 0 Å². The molecule has 2 heterocycles. The molecule has 8 rings (SSSR count). The van der Waals surface area contributed by atoms with Gasteiger partial charge in [-0.2, -0.15) is 0 Å². The van der Waals surface area contributed by atoms with Crippen molar-refractivity contribution in [3.8, 4) is 22.6 Å². The molecule has 1 saturated heterocycles. The van der Waals surface area contributed by atoms with Crippen LogP contribution in [0.4, 0.5) is 5.69 Å². The lowest BCUT2D eigenvalue weighted by Gasteiger charge is -2.40. The van der Waals surface area contributed by atoms with Crippen LogP contribution in [-0.2, 0) is 20.5 Å². The highest BCUT2D eigenvalue weighted by Crippen LogP contribution is 2.58. The molecule has 2 aliphatic carbocycles. The molecule has 4 aromatic carbocycles. The highest BCUT2D eigenvalue weighted by molar-refractivity contribution is 6.08. The molecular formula is C40H39NO4. The maximum Gasteiger partial charge on any atom is 0.174 e. The zero-order chi connectivity index (χ0) is 30.8. The summed E-state index contributed by atoms with van der Waals surface area (Å²) in [5, 5.41) is 2.37. The van der Waals surface area contributed by atoms with Crippen LogP contribution in [0.15, 0.2) is 96.3 Å². The molecule has 45 heavy (non-hydrogen) atoms. The van der Waals surface area contributed by atoms with E-state index in [0.717, 1.165) is 67.4 Å². The highest BCUT2D eigenvalue weighted by atomic mass is 16.5. The van der Waals surface area contributed by atoms with Crippen LogP contribution >= 0.6 is 0 Å². The molecule has 1 atom stereocenters. The van der Waals surface area contributed by atoms with E-state index >= 15 is 0 Å². The van der Waals surface area contributed by atoms with Crippen molar-refractivity contribution in [2.75, 3.05) is 45.4 Å². The van der Waals surface area contributed by atoms with Gasteiger partial charge in [0, 0.05) is 47.1 Å². The number of benzene rings is 4. The van der Waals surface area contributed by atoms with Crippen LogP contribution < -0.4 is 14.4 Å². The first-order valence-corrected chi connectivity index (χ1v) is 16.0. The van der Waals surface area contributed by atoms with Crippen molar-refractivity contribution in [3.05, 3.63) is 119 Å². The van der Waals surface area contributed by atoms with Gasteiger partial charge in [0.2, 0.25) is 0 Å². The van der Waals surface area contributed by atoms with Gasteiger partial charge >= 0.3 is 0 Å². The van der Waals surface area contributed by atoms with Crippen LogP contribution in [0.5, 0.6) is 11.5 Å². The first-order chi connectivity index (χ1) is 21.9. The summed E-state index contributed by atoms with van der Waals surface area (Å²) in [4.78, 5) is 2.45. The van der Waals surface area contributed by atoms with E-state index in [-0.39, 0.29) is 5.41 Å². The average Bonchev–Trinajstić information content (AvgIpc) is 3.34. The second-order valence-corrected chi connectivity index (χ2v) is 12.9. The summed E-state index contributed by atoms with van der Waals surface area (Å²) in [6.07, 6.45) is 10.6. The minimum atomic E-state index is -0.759. The lowest BCUT2D eigenvalue weighted by molar-refractivity contribution is 0.122. The largest absolute Gasteiger partial charge is 0.501 e. The Labute approximate surface area is 265 Å².